The van der Waals surface area contributed by atoms with E-state index in [0.717, 1.165) is 7.11 Å². The summed E-state index contributed by atoms with van der Waals surface area (Å²) in [7, 11) is 1.07. The minimum Gasteiger partial charge on any atom is -0.466 e. The number of esters is 2. The first kappa shape index (κ1) is 13.9. The van der Waals surface area contributed by atoms with Crippen molar-refractivity contribution in [1.29, 1.82) is 0 Å². The maximum Gasteiger partial charge on any atom is 0.352 e. The summed E-state index contributed by atoms with van der Waals surface area (Å²) in [4.78, 5) is 22.5. The number of hydrogen-bond acceptors (Lipinski definition) is 6. The van der Waals surface area contributed by atoms with Crippen molar-refractivity contribution in [2.24, 2.45) is 0 Å². The van der Waals surface area contributed by atoms with Crippen LogP contribution in [0.15, 0.2) is 0 Å². The average Bonchev–Trinajstić information content (AvgIpc) is 2.24. The monoisotopic (exact) mass is 220 g/mol. The Hall–Kier alpha value is -1.14. The quantitative estimate of drug-likeness (QED) is 0.479. The van der Waals surface area contributed by atoms with E-state index in [1.165, 1.54) is 0 Å². The molecule has 1 unspecified atom stereocenters. The van der Waals surface area contributed by atoms with Gasteiger partial charge < -0.3 is 19.3 Å². The third-order valence-electron chi connectivity index (χ3n) is 1.65. The highest BCUT2D eigenvalue weighted by Crippen LogP contribution is 2.10. The molecule has 1 N–H and O–H groups in total. The van der Waals surface area contributed by atoms with Gasteiger partial charge in [-0.2, -0.15) is 0 Å². The van der Waals surface area contributed by atoms with E-state index in [0.29, 0.717) is 0 Å². The second kappa shape index (κ2) is 6.36. The Morgan fingerprint density at radius 1 is 1.20 bits per heavy atom. The lowest BCUT2D eigenvalue weighted by Crippen LogP contribution is -2.52. The molecular weight excluding hydrogens is 204 g/mol. The van der Waals surface area contributed by atoms with Gasteiger partial charge in [-0.1, -0.05) is 0 Å². The summed E-state index contributed by atoms with van der Waals surface area (Å²) >= 11 is 0. The fraction of sp³-hybridized carbons (Fsp3) is 0.778. The highest BCUT2D eigenvalue weighted by atomic mass is 16.6. The topological polar surface area (TPSA) is 82.1 Å². The average molecular weight is 220 g/mol. The van der Waals surface area contributed by atoms with E-state index in [1.54, 1.807) is 13.8 Å². The Balaban J connectivity index is 4.67. The number of rotatable bonds is 6. The van der Waals surface area contributed by atoms with E-state index in [1.807, 2.05) is 0 Å². The van der Waals surface area contributed by atoms with Crippen molar-refractivity contribution in [1.82, 2.24) is 0 Å². The van der Waals surface area contributed by atoms with E-state index in [4.69, 9.17) is 4.74 Å². The number of methoxy groups -OCH3 is 1. The molecular formula is C9H16O6. The lowest BCUT2D eigenvalue weighted by molar-refractivity contribution is -0.188. The van der Waals surface area contributed by atoms with Crippen molar-refractivity contribution >= 4 is 11.9 Å². The van der Waals surface area contributed by atoms with Crippen LogP contribution < -0.4 is 0 Å². The highest BCUT2D eigenvalue weighted by molar-refractivity contribution is 6.03. The standard InChI is InChI=1S/C9H16O6/c1-4-14-6-9(12,7(10)13-3)8(11)15-5-2/h12H,4-6H2,1-3H3. The lowest BCUT2D eigenvalue weighted by Gasteiger charge is -2.22. The molecule has 6 heteroatoms. The van der Waals surface area contributed by atoms with Crippen LogP contribution in [0.3, 0.4) is 0 Å². The molecule has 0 radical (unpaired) electrons. The minimum absolute atomic E-state index is 0.0598. The number of carbonyl (C=O) groups excluding carboxylic acids is 2. The molecule has 0 amide bonds. The molecule has 6 nitrogen and oxygen atoms in total. The van der Waals surface area contributed by atoms with Gasteiger partial charge in [0.1, 0.15) is 0 Å². The van der Waals surface area contributed by atoms with Gasteiger partial charge in [0.05, 0.1) is 20.3 Å². The van der Waals surface area contributed by atoms with Crippen molar-refractivity contribution in [2.45, 2.75) is 19.4 Å². The number of ether oxygens (including phenoxy) is 3. The fourth-order valence-electron chi connectivity index (χ4n) is 0.870. The molecule has 0 rings (SSSR count). The SMILES string of the molecule is CCOCC(O)(C(=O)OC)C(=O)OCC. The summed E-state index contributed by atoms with van der Waals surface area (Å²) in [6.45, 7) is 3.08. The maximum atomic E-state index is 11.3. The van der Waals surface area contributed by atoms with Gasteiger partial charge in [0.2, 0.25) is 0 Å². The molecule has 0 aliphatic heterocycles. The second-order valence-electron chi connectivity index (χ2n) is 2.71. The van der Waals surface area contributed by atoms with Gasteiger partial charge in [-0.15, -0.1) is 0 Å². The molecule has 0 aromatic rings. The second-order valence-corrected chi connectivity index (χ2v) is 2.71. The summed E-state index contributed by atoms with van der Waals surface area (Å²) in [5, 5.41) is 9.74. The summed E-state index contributed by atoms with van der Waals surface area (Å²) in [5.74, 6) is -2.15. The first-order valence-corrected chi connectivity index (χ1v) is 4.58. The Bertz CT molecular complexity index is 227. The van der Waals surface area contributed by atoms with Gasteiger partial charge in [0.25, 0.3) is 5.60 Å². The Labute approximate surface area is 88.1 Å². The number of carbonyl (C=O) groups is 2. The van der Waals surface area contributed by atoms with Crippen LogP contribution in [0.4, 0.5) is 0 Å². The van der Waals surface area contributed by atoms with E-state index >= 15 is 0 Å². The van der Waals surface area contributed by atoms with Gasteiger partial charge in [-0.25, -0.2) is 9.59 Å². The molecule has 88 valence electrons. The van der Waals surface area contributed by atoms with E-state index in [2.05, 4.69) is 9.47 Å². The molecule has 0 saturated heterocycles. The summed E-state index contributed by atoms with van der Waals surface area (Å²) in [6.07, 6.45) is 0. The largest absolute Gasteiger partial charge is 0.466 e. The van der Waals surface area contributed by atoms with Crippen LogP contribution in [-0.4, -0.2) is 49.6 Å². The van der Waals surface area contributed by atoms with Crippen LogP contribution >= 0.6 is 0 Å². The summed E-state index contributed by atoms with van der Waals surface area (Å²) < 4.78 is 13.7. The summed E-state index contributed by atoms with van der Waals surface area (Å²) in [5.41, 5.74) is -2.37. The van der Waals surface area contributed by atoms with E-state index in [-0.39, 0.29) is 13.2 Å². The van der Waals surface area contributed by atoms with Crippen molar-refractivity contribution in [3.8, 4) is 0 Å². The van der Waals surface area contributed by atoms with Gasteiger partial charge in [-0.3, -0.25) is 0 Å². The van der Waals surface area contributed by atoms with Crippen molar-refractivity contribution in [3.05, 3.63) is 0 Å². The number of aliphatic hydroxyl groups is 1. The van der Waals surface area contributed by atoms with Gasteiger partial charge in [0.15, 0.2) is 0 Å². The molecule has 0 fully saturated rings. The molecule has 0 heterocycles. The third kappa shape index (κ3) is 3.49. The molecule has 0 aromatic carbocycles. The van der Waals surface area contributed by atoms with Crippen LogP contribution in [-0.2, 0) is 23.8 Å². The Morgan fingerprint density at radius 2 is 1.80 bits per heavy atom. The molecule has 0 aromatic heterocycles. The van der Waals surface area contributed by atoms with Crippen molar-refractivity contribution < 1.29 is 28.9 Å². The van der Waals surface area contributed by atoms with Crippen molar-refractivity contribution in [2.75, 3.05) is 26.9 Å². The zero-order valence-corrected chi connectivity index (χ0v) is 9.11. The fourth-order valence-corrected chi connectivity index (χ4v) is 0.870. The van der Waals surface area contributed by atoms with E-state index < -0.39 is 24.1 Å². The smallest absolute Gasteiger partial charge is 0.352 e. The van der Waals surface area contributed by atoms with Gasteiger partial charge >= 0.3 is 11.9 Å². The van der Waals surface area contributed by atoms with Crippen LogP contribution in [0.1, 0.15) is 13.8 Å². The van der Waals surface area contributed by atoms with Crippen LogP contribution in [0.25, 0.3) is 0 Å². The first-order chi connectivity index (χ1) is 7.02. The zero-order chi connectivity index (χ0) is 11.9. The summed E-state index contributed by atoms with van der Waals surface area (Å²) in [6, 6.07) is 0. The molecule has 0 saturated carbocycles. The van der Waals surface area contributed by atoms with Crippen LogP contribution in [0.2, 0.25) is 0 Å². The predicted octanol–water partition coefficient (Wildman–Crippen LogP) is -0.510. The Morgan fingerprint density at radius 3 is 2.20 bits per heavy atom. The van der Waals surface area contributed by atoms with Gasteiger partial charge in [-0.05, 0) is 13.8 Å². The maximum absolute atomic E-state index is 11.3. The first-order valence-electron chi connectivity index (χ1n) is 4.58. The molecule has 0 aliphatic rings. The zero-order valence-electron chi connectivity index (χ0n) is 9.11. The molecule has 0 spiro atoms. The van der Waals surface area contributed by atoms with Crippen LogP contribution in [0.5, 0.6) is 0 Å². The molecule has 0 bridgehead atoms. The predicted molar refractivity (Wildman–Crippen MR) is 50.1 cm³/mol. The van der Waals surface area contributed by atoms with Gasteiger partial charge in [0, 0.05) is 6.61 Å². The third-order valence-corrected chi connectivity index (χ3v) is 1.65. The molecule has 0 aliphatic carbocycles. The normalized spacial score (nSPS) is 14.1. The molecule has 15 heavy (non-hydrogen) atoms. The minimum atomic E-state index is -2.37. The lowest BCUT2D eigenvalue weighted by atomic mass is 10.1. The Kier molecular flexibility index (Phi) is 5.88. The van der Waals surface area contributed by atoms with Crippen LogP contribution in [0, 0.1) is 0 Å². The number of hydrogen-bond donors (Lipinski definition) is 1. The highest BCUT2D eigenvalue weighted by Gasteiger charge is 2.47. The molecule has 1 atom stereocenters. The van der Waals surface area contributed by atoms with E-state index in [9.17, 15) is 14.7 Å². The van der Waals surface area contributed by atoms with Crippen molar-refractivity contribution in [3.63, 3.8) is 0 Å².